The summed E-state index contributed by atoms with van der Waals surface area (Å²) in [7, 11) is 1.33. The standard InChI is InChI=1S/C15H17NO5S/c1-10(17)22-13(15(21)16(2)9-14(19)20)8-12(18)11-6-4-3-5-7-11/h3-7,13H,8-9H2,1-2H3,(H,19,20). The molecule has 0 radical (unpaired) electrons. The van der Waals surface area contributed by atoms with Crippen LogP contribution >= 0.6 is 11.8 Å². The first-order valence-electron chi connectivity index (χ1n) is 6.53. The lowest BCUT2D eigenvalue weighted by Gasteiger charge is -2.20. The van der Waals surface area contributed by atoms with Crippen LogP contribution in [-0.4, -0.2) is 51.6 Å². The minimum absolute atomic E-state index is 0.156. The zero-order valence-corrected chi connectivity index (χ0v) is 13.1. The number of hydrogen-bond donors (Lipinski definition) is 1. The zero-order valence-electron chi connectivity index (χ0n) is 12.3. The summed E-state index contributed by atoms with van der Waals surface area (Å²) in [5.41, 5.74) is 0.449. The van der Waals surface area contributed by atoms with Crippen molar-refractivity contribution in [3.8, 4) is 0 Å². The van der Waals surface area contributed by atoms with Crippen molar-refractivity contribution >= 4 is 34.5 Å². The molecule has 7 heteroatoms. The SMILES string of the molecule is CC(=O)SC(CC(=O)c1ccccc1)C(=O)N(C)CC(=O)O. The lowest BCUT2D eigenvalue weighted by Crippen LogP contribution is -2.39. The van der Waals surface area contributed by atoms with Crippen molar-refractivity contribution in [3.05, 3.63) is 35.9 Å². The topological polar surface area (TPSA) is 91.8 Å². The van der Waals surface area contributed by atoms with E-state index in [4.69, 9.17) is 5.11 Å². The van der Waals surface area contributed by atoms with Crippen molar-refractivity contribution in [2.75, 3.05) is 13.6 Å². The number of rotatable bonds is 7. The highest BCUT2D eigenvalue weighted by molar-refractivity contribution is 8.14. The number of Topliss-reactive ketones (excluding diaryl/α,β-unsaturated/α-hetero) is 1. The smallest absolute Gasteiger partial charge is 0.323 e. The van der Waals surface area contributed by atoms with Gasteiger partial charge in [0.25, 0.3) is 0 Å². The van der Waals surface area contributed by atoms with Crippen LogP contribution in [0.25, 0.3) is 0 Å². The maximum atomic E-state index is 12.2. The van der Waals surface area contributed by atoms with Crippen LogP contribution in [0.2, 0.25) is 0 Å². The Morgan fingerprint density at radius 1 is 1.18 bits per heavy atom. The van der Waals surface area contributed by atoms with Gasteiger partial charge in [0.1, 0.15) is 6.54 Å². The van der Waals surface area contributed by atoms with Gasteiger partial charge in [0, 0.05) is 26.0 Å². The van der Waals surface area contributed by atoms with E-state index >= 15 is 0 Å². The maximum absolute atomic E-state index is 12.2. The fourth-order valence-corrected chi connectivity index (χ4v) is 2.73. The number of carboxylic acid groups (broad SMARTS) is 1. The van der Waals surface area contributed by atoms with E-state index in [9.17, 15) is 19.2 Å². The number of carboxylic acids is 1. The Morgan fingerprint density at radius 2 is 1.77 bits per heavy atom. The number of hydrogen-bond acceptors (Lipinski definition) is 5. The molecule has 0 bridgehead atoms. The van der Waals surface area contributed by atoms with Crippen LogP contribution in [0.1, 0.15) is 23.7 Å². The minimum atomic E-state index is -1.16. The number of carbonyl (C=O) groups is 4. The lowest BCUT2D eigenvalue weighted by atomic mass is 10.1. The predicted molar refractivity (Wildman–Crippen MR) is 82.7 cm³/mol. The van der Waals surface area contributed by atoms with Gasteiger partial charge in [-0.15, -0.1) is 0 Å². The van der Waals surface area contributed by atoms with Crippen molar-refractivity contribution < 1.29 is 24.3 Å². The number of nitrogens with zero attached hydrogens (tertiary/aromatic N) is 1. The van der Waals surface area contributed by atoms with Crippen molar-refractivity contribution in [1.29, 1.82) is 0 Å². The van der Waals surface area contributed by atoms with Gasteiger partial charge >= 0.3 is 5.97 Å². The summed E-state index contributed by atoms with van der Waals surface area (Å²) >= 11 is 0.742. The molecule has 0 saturated carbocycles. The Labute approximate surface area is 132 Å². The average molecular weight is 323 g/mol. The molecule has 0 fully saturated rings. The van der Waals surface area contributed by atoms with Crippen molar-refractivity contribution in [2.45, 2.75) is 18.6 Å². The first-order valence-corrected chi connectivity index (χ1v) is 7.41. The first-order chi connectivity index (χ1) is 10.3. The maximum Gasteiger partial charge on any atom is 0.323 e. The van der Waals surface area contributed by atoms with E-state index in [0.29, 0.717) is 5.56 Å². The van der Waals surface area contributed by atoms with Crippen molar-refractivity contribution in [1.82, 2.24) is 4.90 Å². The number of amides is 1. The number of likely N-dealkylation sites (N-methyl/N-ethyl adjacent to an activating group) is 1. The largest absolute Gasteiger partial charge is 0.480 e. The Morgan fingerprint density at radius 3 is 2.27 bits per heavy atom. The molecule has 0 spiro atoms. The molecule has 1 aromatic rings. The van der Waals surface area contributed by atoms with Gasteiger partial charge in [-0.2, -0.15) is 0 Å². The van der Waals surface area contributed by atoms with E-state index in [1.807, 2.05) is 0 Å². The number of ketones is 1. The number of carbonyl (C=O) groups excluding carboxylic acids is 3. The molecule has 22 heavy (non-hydrogen) atoms. The molecule has 1 unspecified atom stereocenters. The highest BCUT2D eigenvalue weighted by Crippen LogP contribution is 2.20. The number of benzene rings is 1. The summed E-state index contributed by atoms with van der Waals surface area (Å²) in [6.45, 7) is 0.822. The fraction of sp³-hybridized carbons (Fsp3) is 0.333. The van der Waals surface area contributed by atoms with E-state index in [0.717, 1.165) is 16.7 Å². The highest BCUT2D eigenvalue weighted by Gasteiger charge is 2.28. The van der Waals surface area contributed by atoms with E-state index in [2.05, 4.69) is 0 Å². The molecule has 1 rings (SSSR count). The zero-order chi connectivity index (χ0) is 16.7. The second kappa shape index (κ2) is 8.33. The van der Waals surface area contributed by atoms with Gasteiger partial charge in [0.05, 0.1) is 5.25 Å². The molecule has 0 aliphatic heterocycles. The molecule has 6 nitrogen and oxygen atoms in total. The second-order valence-electron chi connectivity index (χ2n) is 4.68. The van der Waals surface area contributed by atoms with Gasteiger partial charge in [-0.1, -0.05) is 42.1 Å². The molecular formula is C15H17NO5S. The van der Waals surface area contributed by atoms with Crippen LogP contribution < -0.4 is 0 Å². The van der Waals surface area contributed by atoms with E-state index < -0.39 is 23.7 Å². The van der Waals surface area contributed by atoms with Gasteiger partial charge in [0.2, 0.25) is 5.91 Å². The van der Waals surface area contributed by atoms with Crippen LogP contribution in [-0.2, 0) is 14.4 Å². The Kier molecular flexibility index (Phi) is 6.78. The minimum Gasteiger partial charge on any atom is -0.480 e. The third-order valence-corrected chi connectivity index (χ3v) is 3.78. The summed E-state index contributed by atoms with van der Waals surface area (Å²) in [5.74, 6) is -1.97. The summed E-state index contributed by atoms with van der Waals surface area (Å²) in [6.07, 6.45) is -0.156. The van der Waals surface area contributed by atoms with Gasteiger partial charge in [-0.3, -0.25) is 19.2 Å². The molecule has 0 aliphatic carbocycles. The molecule has 1 N–H and O–H groups in total. The third kappa shape index (κ3) is 5.69. The lowest BCUT2D eigenvalue weighted by molar-refractivity contribution is -0.143. The number of aliphatic carboxylic acids is 1. The second-order valence-corrected chi connectivity index (χ2v) is 6.06. The van der Waals surface area contributed by atoms with Crippen LogP contribution in [0, 0.1) is 0 Å². The van der Waals surface area contributed by atoms with Crippen LogP contribution in [0.3, 0.4) is 0 Å². The van der Waals surface area contributed by atoms with E-state index in [-0.39, 0.29) is 17.3 Å². The monoisotopic (exact) mass is 323 g/mol. The molecule has 1 amide bonds. The molecule has 118 valence electrons. The summed E-state index contributed by atoms with van der Waals surface area (Å²) < 4.78 is 0. The summed E-state index contributed by atoms with van der Waals surface area (Å²) in [6, 6.07) is 8.44. The molecule has 0 aliphatic rings. The molecule has 1 aromatic carbocycles. The number of thioether (sulfide) groups is 1. The van der Waals surface area contributed by atoms with Crippen LogP contribution in [0.15, 0.2) is 30.3 Å². The highest BCUT2D eigenvalue weighted by atomic mass is 32.2. The Balaban J connectivity index is 2.84. The quantitative estimate of drug-likeness (QED) is 0.764. The van der Waals surface area contributed by atoms with Crippen molar-refractivity contribution in [3.63, 3.8) is 0 Å². The van der Waals surface area contributed by atoms with Crippen LogP contribution in [0.5, 0.6) is 0 Å². The normalized spacial score (nSPS) is 11.5. The van der Waals surface area contributed by atoms with E-state index in [1.54, 1.807) is 30.3 Å². The summed E-state index contributed by atoms with van der Waals surface area (Å²) in [4.78, 5) is 47.3. The Bertz CT molecular complexity index is 573. The molecule has 0 saturated heterocycles. The third-order valence-electron chi connectivity index (χ3n) is 2.80. The molecular weight excluding hydrogens is 306 g/mol. The van der Waals surface area contributed by atoms with Gasteiger partial charge in [0.15, 0.2) is 10.9 Å². The summed E-state index contributed by atoms with van der Waals surface area (Å²) in [5, 5.41) is 7.50. The molecule has 1 atom stereocenters. The van der Waals surface area contributed by atoms with Crippen molar-refractivity contribution in [2.24, 2.45) is 0 Å². The Hall–Kier alpha value is -2.15. The predicted octanol–water partition coefficient (Wildman–Crippen LogP) is 1.45. The molecule has 0 heterocycles. The van der Waals surface area contributed by atoms with E-state index in [1.165, 1.54) is 14.0 Å². The van der Waals surface area contributed by atoms with Gasteiger partial charge in [-0.25, -0.2) is 0 Å². The van der Waals surface area contributed by atoms with Gasteiger partial charge in [-0.05, 0) is 0 Å². The van der Waals surface area contributed by atoms with Crippen LogP contribution in [0.4, 0.5) is 0 Å². The van der Waals surface area contributed by atoms with Gasteiger partial charge < -0.3 is 10.0 Å². The first kappa shape index (κ1) is 17.9. The average Bonchev–Trinajstić information content (AvgIpc) is 2.45. The molecule has 0 aromatic heterocycles. The fourth-order valence-electron chi connectivity index (χ4n) is 1.82.